The summed E-state index contributed by atoms with van der Waals surface area (Å²) in [5, 5.41) is 13.1. The number of thiophene rings is 1. The van der Waals surface area contributed by atoms with Crippen LogP contribution in [0.25, 0.3) is 10.2 Å². The summed E-state index contributed by atoms with van der Waals surface area (Å²) in [5.74, 6) is 1.06. The van der Waals surface area contributed by atoms with E-state index in [-0.39, 0.29) is 18.2 Å². The Labute approximate surface area is 193 Å². The smallest absolute Gasteiger partial charge is 0.407 e. The van der Waals surface area contributed by atoms with Crippen molar-refractivity contribution < 1.29 is 14.3 Å². The summed E-state index contributed by atoms with van der Waals surface area (Å²) in [6, 6.07) is 2.41. The van der Waals surface area contributed by atoms with Crippen LogP contribution in [0.2, 0.25) is 0 Å². The number of fused-ring (bicyclic) bond motifs is 3. The van der Waals surface area contributed by atoms with Crippen LogP contribution in [0.1, 0.15) is 88.5 Å². The molecule has 2 aliphatic carbocycles. The number of aromatic nitrogens is 2. The van der Waals surface area contributed by atoms with Gasteiger partial charge in [-0.3, -0.25) is 0 Å². The van der Waals surface area contributed by atoms with E-state index in [1.54, 1.807) is 17.7 Å². The van der Waals surface area contributed by atoms with Crippen molar-refractivity contribution in [3.8, 4) is 11.9 Å². The first-order chi connectivity index (χ1) is 15.3. The molecule has 0 saturated heterocycles. The summed E-state index contributed by atoms with van der Waals surface area (Å²) < 4.78 is 11.8. The Kier molecular flexibility index (Phi) is 6.85. The normalized spacial score (nSPS) is 23.2. The van der Waals surface area contributed by atoms with Crippen molar-refractivity contribution in [1.29, 1.82) is 5.26 Å². The second kappa shape index (κ2) is 9.62. The van der Waals surface area contributed by atoms with Crippen molar-refractivity contribution >= 4 is 27.6 Å². The van der Waals surface area contributed by atoms with Gasteiger partial charge in [0.05, 0.1) is 11.5 Å². The Morgan fingerprint density at radius 2 is 2.03 bits per heavy atom. The van der Waals surface area contributed by atoms with Crippen molar-refractivity contribution in [2.75, 3.05) is 0 Å². The molecule has 1 atom stereocenters. The SMILES string of the molecule is CC(C)(C)OC(=O)NC1CCC(Oc2ncnc3sc4c(c23)[C@@H](CCC#N)CCC4)CC1. The van der Waals surface area contributed by atoms with E-state index in [9.17, 15) is 4.79 Å². The summed E-state index contributed by atoms with van der Waals surface area (Å²) in [7, 11) is 0. The van der Waals surface area contributed by atoms with Gasteiger partial charge in [0.1, 0.15) is 22.9 Å². The van der Waals surface area contributed by atoms with E-state index in [2.05, 4.69) is 21.4 Å². The van der Waals surface area contributed by atoms with E-state index in [4.69, 9.17) is 14.7 Å². The average Bonchev–Trinajstić information content (AvgIpc) is 3.12. The van der Waals surface area contributed by atoms with Crippen molar-refractivity contribution in [3.63, 3.8) is 0 Å². The number of rotatable bonds is 5. The minimum atomic E-state index is -0.493. The highest BCUT2D eigenvalue weighted by atomic mass is 32.1. The molecule has 2 aromatic rings. The lowest BCUT2D eigenvalue weighted by Gasteiger charge is -2.30. The highest BCUT2D eigenvalue weighted by molar-refractivity contribution is 7.18. The molecule has 0 spiro atoms. The molecule has 1 N–H and O–H groups in total. The van der Waals surface area contributed by atoms with Crippen LogP contribution in [0, 0.1) is 11.3 Å². The molecule has 7 nitrogen and oxygen atoms in total. The second-order valence-electron chi connectivity index (χ2n) is 9.82. The van der Waals surface area contributed by atoms with Crippen LogP contribution >= 0.6 is 11.3 Å². The Balaban J connectivity index is 1.44. The zero-order valence-corrected chi connectivity index (χ0v) is 20.0. The Morgan fingerprint density at radius 1 is 1.25 bits per heavy atom. The van der Waals surface area contributed by atoms with Gasteiger partial charge in [-0.15, -0.1) is 11.3 Å². The number of amides is 1. The van der Waals surface area contributed by atoms with Gasteiger partial charge in [0.25, 0.3) is 0 Å². The Morgan fingerprint density at radius 3 is 2.75 bits per heavy atom. The Hall–Kier alpha value is -2.40. The zero-order chi connectivity index (χ0) is 22.7. The quantitative estimate of drug-likeness (QED) is 0.626. The van der Waals surface area contributed by atoms with E-state index in [1.165, 1.54) is 10.4 Å². The number of carbonyl (C=O) groups excluding carboxylic acids is 1. The fourth-order valence-electron chi connectivity index (χ4n) is 4.82. The number of nitrogens with one attached hydrogen (secondary N) is 1. The van der Waals surface area contributed by atoms with Gasteiger partial charge in [0, 0.05) is 17.3 Å². The minimum absolute atomic E-state index is 0.0708. The number of alkyl carbamates (subject to hydrolysis) is 1. The molecule has 8 heteroatoms. The van der Waals surface area contributed by atoms with E-state index in [1.807, 2.05) is 20.8 Å². The van der Waals surface area contributed by atoms with Crippen LogP contribution in [-0.4, -0.2) is 33.8 Å². The third kappa shape index (κ3) is 5.32. The topological polar surface area (TPSA) is 97.1 Å². The van der Waals surface area contributed by atoms with Crippen LogP contribution in [0.5, 0.6) is 5.88 Å². The summed E-state index contributed by atoms with van der Waals surface area (Å²) in [5.41, 5.74) is 0.829. The first-order valence-electron chi connectivity index (χ1n) is 11.6. The van der Waals surface area contributed by atoms with Crippen LogP contribution in [-0.2, 0) is 11.2 Å². The highest BCUT2D eigenvalue weighted by Gasteiger charge is 2.30. The van der Waals surface area contributed by atoms with Gasteiger partial charge in [-0.2, -0.15) is 5.26 Å². The standard InChI is InChI=1S/C24H32N4O3S/c1-24(2,3)31-23(29)28-16-9-11-17(12-10-16)30-21-20-19-15(7-5-13-25)6-4-8-18(19)32-22(20)27-14-26-21/h14-17H,4-12H2,1-3H3,(H,28,29)/t15-,16?,17?/m1/s1. The molecule has 2 aromatic heterocycles. The summed E-state index contributed by atoms with van der Waals surface area (Å²) in [6.45, 7) is 5.61. The molecule has 1 fully saturated rings. The van der Waals surface area contributed by atoms with Gasteiger partial charge < -0.3 is 14.8 Å². The predicted molar refractivity (Wildman–Crippen MR) is 124 cm³/mol. The van der Waals surface area contributed by atoms with Gasteiger partial charge in [0.15, 0.2) is 0 Å². The number of hydrogen-bond acceptors (Lipinski definition) is 7. The van der Waals surface area contributed by atoms with Crippen LogP contribution in [0.15, 0.2) is 6.33 Å². The fraction of sp³-hybridized carbons (Fsp3) is 0.667. The van der Waals surface area contributed by atoms with Gasteiger partial charge in [-0.25, -0.2) is 14.8 Å². The first kappa shape index (κ1) is 22.8. The van der Waals surface area contributed by atoms with Gasteiger partial charge in [-0.1, -0.05) is 0 Å². The summed E-state index contributed by atoms with van der Waals surface area (Å²) in [4.78, 5) is 23.5. The molecule has 4 rings (SSSR count). The van der Waals surface area contributed by atoms with Crippen molar-refractivity contribution in [1.82, 2.24) is 15.3 Å². The van der Waals surface area contributed by atoms with Crippen molar-refractivity contribution in [2.24, 2.45) is 0 Å². The number of aryl methyl sites for hydroxylation is 1. The average molecular weight is 457 g/mol. The lowest BCUT2D eigenvalue weighted by Crippen LogP contribution is -2.42. The molecular weight excluding hydrogens is 424 g/mol. The number of hydrogen-bond donors (Lipinski definition) is 1. The predicted octanol–water partition coefficient (Wildman–Crippen LogP) is 5.63. The molecular formula is C24H32N4O3S. The van der Waals surface area contributed by atoms with Crippen molar-refractivity contribution in [3.05, 3.63) is 16.8 Å². The van der Waals surface area contributed by atoms with E-state index < -0.39 is 5.60 Å². The van der Waals surface area contributed by atoms with Gasteiger partial charge >= 0.3 is 6.09 Å². The molecule has 0 unspecified atom stereocenters. The van der Waals surface area contributed by atoms with Crippen molar-refractivity contribution in [2.45, 2.75) is 102 Å². The van der Waals surface area contributed by atoms with E-state index in [0.717, 1.165) is 61.6 Å². The number of ether oxygens (including phenoxy) is 2. The molecule has 172 valence electrons. The van der Waals surface area contributed by atoms with Gasteiger partial charge in [-0.05, 0) is 83.6 Å². The molecule has 0 aliphatic heterocycles. The van der Waals surface area contributed by atoms with Gasteiger partial charge in [0.2, 0.25) is 5.88 Å². The minimum Gasteiger partial charge on any atom is -0.474 e. The highest BCUT2D eigenvalue weighted by Crippen LogP contribution is 2.46. The monoisotopic (exact) mass is 456 g/mol. The molecule has 0 bridgehead atoms. The van der Waals surface area contributed by atoms with E-state index >= 15 is 0 Å². The molecule has 2 heterocycles. The molecule has 0 aromatic carbocycles. The number of nitrogens with zero attached hydrogens (tertiary/aromatic N) is 3. The van der Waals surface area contributed by atoms with E-state index in [0.29, 0.717) is 18.2 Å². The Bertz CT molecular complexity index is 999. The number of carbonyl (C=O) groups is 1. The molecule has 2 aliphatic rings. The maximum atomic E-state index is 12.1. The molecule has 0 radical (unpaired) electrons. The molecule has 32 heavy (non-hydrogen) atoms. The number of nitriles is 1. The summed E-state index contributed by atoms with van der Waals surface area (Å²) in [6.07, 6.45) is 9.52. The zero-order valence-electron chi connectivity index (χ0n) is 19.1. The van der Waals surface area contributed by atoms with Crippen LogP contribution in [0.4, 0.5) is 4.79 Å². The maximum absolute atomic E-state index is 12.1. The third-order valence-electron chi connectivity index (χ3n) is 6.21. The lowest BCUT2D eigenvalue weighted by atomic mass is 9.83. The van der Waals surface area contributed by atoms with Crippen LogP contribution in [0.3, 0.4) is 0 Å². The first-order valence-corrected chi connectivity index (χ1v) is 12.4. The molecule has 1 amide bonds. The lowest BCUT2D eigenvalue weighted by molar-refractivity contribution is 0.0470. The largest absolute Gasteiger partial charge is 0.474 e. The molecule has 1 saturated carbocycles. The third-order valence-corrected chi connectivity index (χ3v) is 7.38. The fourth-order valence-corrected chi connectivity index (χ4v) is 6.08. The second-order valence-corrected chi connectivity index (χ2v) is 10.9. The maximum Gasteiger partial charge on any atom is 0.407 e. The summed E-state index contributed by atoms with van der Waals surface area (Å²) >= 11 is 1.75. The van der Waals surface area contributed by atoms with Crippen LogP contribution < -0.4 is 10.1 Å².